The summed E-state index contributed by atoms with van der Waals surface area (Å²) < 4.78 is 5.57. The summed E-state index contributed by atoms with van der Waals surface area (Å²) in [4.78, 5) is 9.18. The zero-order valence-electron chi connectivity index (χ0n) is 12.6. The molecule has 0 radical (unpaired) electrons. The lowest BCUT2D eigenvalue weighted by Crippen LogP contribution is -2.19. The van der Waals surface area contributed by atoms with Crippen molar-refractivity contribution in [3.8, 4) is 11.4 Å². The molecular weight excluding hydrogens is 262 g/mol. The zero-order valence-corrected chi connectivity index (χ0v) is 12.6. The Hall–Kier alpha value is -2.20. The Morgan fingerprint density at radius 2 is 2.10 bits per heavy atom. The molecule has 21 heavy (non-hydrogen) atoms. The van der Waals surface area contributed by atoms with Crippen molar-refractivity contribution in [2.75, 3.05) is 6.54 Å². The fraction of sp³-hybridized carbons (Fsp3) is 0.294. The molecule has 0 saturated heterocycles. The van der Waals surface area contributed by atoms with Gasteiger partial charge in [-0.15, -0.1) is 0 Å². The van der Waals surface area contributed by atoms with Gasteiger partial charge in [-0.05, 0) is 26.5 Å². The second kappa shape index (κ2) is 5.66. The molecule has 1 aromatic carbocycles. The van der Waals surface area contributed by atoms with Gasteiger partial charge < -0.3 is 9.73 Å². The first-order chi connectivity index (χ1) is 10.2. The van der Waals surface area contributed by atoms with Crippen LogP contribution in [0.1, 0.15) is 31.1 Å². The van der Waals surface area contributed by atoms with Gasteiger partial charge in [0.15, 0.2) is 5.82 Å². The molecule has 0 amide bonds. The van der Waals surface area contributed by atoms with E-state index >= 15 is 0 Å². The van der Waals surface area contributed by atoms with Crippen LogP contribution in [0, 0.1) is 6.92 Å². The van der Waals surface area contributed by atoms with E-state index < -0.39 is 0 Å². The highest BCUT2D eigenvalue weighted by Gasteiger charge is 2.14. The topological polar surface area (TPSA) is 51.0 Å². The molecule has 1 unspecified atom stereocenters. The van der Waals surface area contributed by atoms with E-state index in [0.29, 0.717) is 5.82 Å². The average Bonchev–Trinajstić information content (AvgIpc) is 2.91. The standard InChI is InChI=1S/C17H19N3O/c1-4-18-11(2)14-9-19-17(20-12(14)3)15-10-21-16-8-6-5-7-13(15)16/h5-11,18H,4H2,1-3H3. The summed E-state index contributed by atoms with van der Waals surface area (Å²) in [7, 11) is 0. The van der Waals surface area contributed by atoms with Crippen LogP contribution in [0.5, 0.6) is 0 Å². The van der Waals surface area contributed by atoms with Crippen LogP contribution >= 0.6 is 0 Å². The fourth-order valence-electron chi connectivity index (χ4n) is 2.60. The van der Waals surface area contributed by atoms with Gasteiger partial charge >= 0.3 is 0 Å². The zero-order chi connectivity index (χ0) is 14.8. The first-order valence-electron chi connectivity index (χ1n) is 7.24. The number of para-hydroxylation sites is 1. The van der Waals surface area contributed by atoms with Gasteiger partial charge in [0.05, 0.1) is 5.56 Å². The summed E-state index contributed by atoms with van der Waals surface area (Å²) in [5, 5.41) is 4.43. The minimum atomic E-state index is 0.255. The summed E-state index contributed by atoms with van der Waals surface area (Å²) in [5.74, 6) is 0.713. The maximum atomic E-state index is 5.57. The quantitative estimate of drug-likeness (QED) is 0.788. The van der Waals surface area contributed by atoms with Gasteiger partial charge in [-0.2, -0.15) is 0 Å². The van der Waals surface area contributed by atoms with Gasteiger partial charge in [0.2, 0.25) is 0 Å². The molecule has 0 aliphatic rings. The van der Waals surface area contributed by atoms with E-state index in [-0.39, 0.29) is 6.04 Å². The van der Waals surface area contributed by atoms with Crippen LogP contribution in [0.25, 0.3) is 22.4 Å². The number of aromatic nitrogens is 2. The molecule has 1 N–H and O–H groups in total. The monoisotopic (exact) mass is 281 g/mol. The van der Waals surface area contributed by atoms with Crippen molar-refractivity contribution in [3.63, 3.8) is 0 Å². The lowest BCUT2D eigenvalue weighted by Gasteiger charge is -2.14. The van der Waals surface area contributed by atoms with Crippen LogP contribution in [0.15, 0.2) is 41.1 Å². The lowest BCUT2D eigenvalue weighted by molar-refractivity contribution is 0.590. The molecule has 2 heterocycles. The summed E-state index contributed by atoms with van der Waals surface area (Å²) >= 11 is 0. The highest BCUT2D eigenvalue weighted by molar-refractivity contribution is 5.91. The number of benzene rings is 1. The van der Waals surface area contributed by atoms with Gasteiger partial charge in [0, 0.05) is 28.9 Å². The first-order valence-corrected chi connectivity index (χ1v) is 7.24. The molecule has 0 spiro atoms. The predicted molar refractivity (Wildman–Crippen MR) is 84.1 cm³/mol. The van der Waals surface area contributed by atoms with E-state index in [9.17, 15) is 0 Å². The van der Waals surface area contributed by atoms with E-state index in [1.165, 1.54) is 0 Å². The number of rotatable bonds is 4. The number of hydrogen-bond donors (Lipinski definition) is 1. The van der Waals surface area contributed by atoms with Crippen molar-refractivity contribution in [1.82, 2.24) is 15.3 Å². The fourth-order valence-corrected chi connectivity index (χ4v) is 2.60. The van der Waals surface area contributed by atoms with Crippen LogP contribution in [-0.4, -0.2) is 16.5 Å². The lowest BCUT2D eigenvalue weighted by atomic mass is 10.1. The van der Waals surface area contributed by atoms with E-state index in [1.54, 1.807) is 6.26 Å². The Balaban J connectivity index is 2.02. The van der Waals surface area contributed by atoms with Crippen molar-refractivity contribution in [2.24, 2.45) is 0 Å². The van der Waals surface area contributed by atoms with Crippen LogP contribution in [0.3, 0.4) is 0 Å². The van der Waals surface area contributed by atoms with E-state index in [2.05, 4.69) is 29.1 Å². The highest BCUT2D eigenvalue weighted by atomic mass is 16.3. The molecule has 0 saturated carbocycles. The Kier molecular flexibility index (Phi) is 3.71. The normalized spacial score (nSPS) is 12.7. The molecule has 0 aliphatic heterocycles. The number of fused-ring (bicyclic) bond motifs is 1. The molecule has 108 valence electrons. The average molecular weight is 281 g/mol. The molecule has 0 fully saturated rings. The molecule has 3 rings (SSSR count). The Morgan fingerprint density at radius 3 is 2.86 bits per heavy atom. The predicted octanol–water partition coefficient (Wildman–Crippen LogP) is 3.87. The van der Waals surface area contributed by atoms with Crippen molar-refractivity contribution >= 4 is 11.0 Å². The van der Waals surface area contributed by atoms with Crippen molar-refractivity contribution in [2.45, 2.75) is 26.8 Å². The third kappa shape index (κ3) is 2.54. The molecule has 0 aliphatic carbocycles. The number of nitrogens with zero attached hydrogens (tertiary/aromatic N) is 2. The van der Waals surface area contributed by atoms with Gasteiger partial charge in [-0.1, -0.05) is 25.1 Å². The highest BCUT2D eigenvalue weighted by Crippen LogP contribution is 2.28. The van der Waals surface area contributed by atoms with Crippen LogP contribution in [-0.2, 0) is 0 Å². The van der Waals surface area contributed by atoms with Gasteiger partial charge in [-0.3, -0.25) is 0 Å². The number of nitrogens with one attached hydrogen (secondary N) is 1. The van der Waals surface area contributed by atoms with Crippen molar-refractivity contribution < 1.29 is 4.42 Å². The summed E-state index contributed by atoms with van der Waals surface area (Å²) in [5.41, 5.74) is 3.93. The van der Waals surface area contributed by atoms with E-state index in [0.717, 1.165) is 34.3 Å². The van der Waals surface area contributed by atoms with Crippen molar-refractivity contribution in [3.05, 3.63) is 48.0 Å². The number of aryl methyl sites for hydroxylation is 1. The van der Waals surface area contributed by atoms with E-state index in [4.69, 9.17) is 4.42 Å². The van der Waals surface area contributed by atoms with Gasteiger partial charge in [0.1, 0.15) is 11.8 Å². The SMILES string of the molecule is CCNC(C)c1cnc(-c2coc3ccccc23)nc1C. The minimum absolute atomic E-state index is 0.255. The third-order valence-corrected chi connectivity index (χ3v) is 3.72. The van der Waals surface area contributed by atoms with Gasteiger partial charge in [0.25, 0.3) is 0 Å². The molecule has 0 bridgehead atoms. The molecule has 4 heteroatoms. The molecule has 3 aromatic rings. The maximum Gasteiger partial charge on any atom is 0.163 e. The molecule has 4 nitrogen and oxygen atoms in total. The number of furan rings is 1. The summed E-state index contributed by atoms with van der Waals surface area (Å²) in [6, 6.07) is 8.19. The maximum absolute atomic E-state index is 5.57. The van der Waals surface area contributed by atoms with Gasteiger partial charge in [-0.25, -0.2) is 9.97 Å². The van der Waals surface area contributed by atoms with Crippen molar-refractivity contribution in [1.29, 1.82) is 0 Å². The van der Waals surface area contributed by atoms with E-state index in [1.807, 2.05) is 37.4 Å². The van der Waals surface area contributed by atoms with Crippen LogP contribution < -0.4 is 5.32 Å². The summed E-state index contributed by atoms with van der Waals surface area (Å²) in [6.45, 7) is 7.17. The second-order valence-corrected chi connectivity index (χ2v) is 5.16. The third-order valence-electron chi connectivity index (χ3n) is 3.72. The Labute approximate surface area is 124 Å². The second-order valence-electron chi connectivity index (χ2n) is 5.16. The van der Waals surface area contributed by atoms with Crippen LogP contribution in [0.2, 0.25) is 0 Å². The number of hydrogen-bond acceptors (Lipinski definition) is 4. The Morgan fingerprint density at radius 1 is 1.29 bits per heavy atom. The first kappa shape index (κ1) is 13.8. The molecular formula is C17H19N3O. The smallest absolute Gasteiger partial charge is 0.163 e. The minimum Gasteiger partial charge on any atom is -0.464 e. The molecule has 1 atom stereocenters. The summed E-state index contributed by atoms with van der Waals surface area (Å²) in [6.07, 6.45) is 3.64. The Bertz CT molecular complexity index is 764. The largest absolute Gasteiger partial charge is 0.464 e. The molecule has 2 aromatic heterocycles. The van der Waals surface area contributed by atoms with Crippen LogP contribution in [0.4, 0.5) is 0 Å².